The van der Waals surface area contributed by atoms with Crippen molar-refractivity contribution in [2.24, 2.45) is 0 Å². The average Bonchev–Trinajstić information content (AvgIpc) is 3.52. The molecule has 1 unspecified atom stereocenters. The van der Waals surface area contributed by atoms with Gasteiger partial charge in [-0.3, -0.25) is 2.78 Å². The molecule has 1 aliphatic heterocycles. The average molecular weight is 644 g/mol. The normalized spacial score (nSPS) is 14.8. The van der Waals surface area contributed by atoms with E-state index in [1.54, 1.807) is 27.3 Å². The molecule has 5 aromatic rings. The maximum absolute atomic E-state index is 15.2. The van der Waals surface area contributed by atoms with Crippen molar-refractivity contribution in [3.8, 4) is 23.3 Å². The third kappa shape index (κ3) is 4.43. The highest BCUT2D eigenvalue weighted by Gasteiger charge is 2.30. The molecule has 0 bridgehead atoms. The topological polar surface area (TPSA) is 65.0 Å². The molecule has 0 saturated carbocycles. The summed E-state index contributed by atoms with van der Waals surface area (Å²) in [4.78, 5) is 0. The molecule has 3 aromatic carbocycles. The van der Waals surface area contributed by atoms with Gasteiger partial charge in [-0.2, -0.15) is 10.4 Å². The number of nitriles is 1. The predicted octanol–water partition coefficient (Wildman–Crippen LogP) is 7.10. The van der Waals surface area contributed by atoms with E-state index >= 15 is 8.78 Å². The van der Waals surface area contributed by atoms with Crippen LogP contribution in [0.15, 0.2) is 60.9 Å². The first-order valence-corrected chi connectivity index (χ1v) is 12.8. The summed E-state index contributed by atoms with van der Waals surface area (Å²) in [5.41, 5.74) is 1.94. The van der Waals surface area contributed by atoms with Gasteiger partial charge in [-0.25, -0.2) is 22.2 Å². The highest BCUT2D eigenvalue weighted by atomic mass is 127. The second kappa shape index (κ2) is 10.0. The van der Waals surface area contributed by atoms with Crippen molar-refractivity contribution in [3.05, 3.63) is 107 Å². The van der Waals surface area contributed by atoms with Crippen LogP contribution in [0.1, 0.15) is 28.5 Å². The van der Waals surface area contributed by atoms with E-state index in [9.17, 15) is 8.78 Å². The molecule has 1 aliphatic rings. The number of hydrogen-bond donors (Lipinski definition) is 0. The zero-order chi connectivity index (χ0) is 27.3. The van der Waals surface area contributed by atoms with Crippen molar-refractivity contribution >= 4 is 33.8 Å². The number of fused-ring (bicyclic) bond motifs is 2. The molecule has 6 nitrogen and oxygen atoms in total. The summed E-state index contributed by atoms with van der Waals surface area (Å²) in [6, 6.07) is 13.0. The molecule has 2 aromatic heterocycles. The van der Waals surface area contributed by atoms with Gasteiger partial charge in [0, 0.05) is 41.0 Å². The Labute approximate surface area is 233 Å². The summed E-state index contributed by atoms with van der Waals surface area (Å²) in [6.07, 6.45) is 2.73. The van der Waals surface area contributed by atoms with Crippen molar-refractivity contribution in [1.29, 1.82) is 5.26 Å². The standard InChI is InChI=1S/C28H17F4IN4O2/c29-20-5-4-17(39-28-21(30)13-22-18(25(28)32)7-10-36(22)33)12-23(20)37-14-16-8-11-38-27(26(16)35-37)19-3-1-2-15(6-9-34)24(19)31/h1-5,7,10,12-14,27H,6,8,11H2. The maximum Gasteiger partial charge on any atom is 0.199 e. The lowest BCUT2D eigenvalue weighted by atomic mass is 9.97. The Kier molecular flexibility index (Phi) is 6.52. The van der Waals surface area contributed by atoms with Gasteiger partial charge in [-0.1, -0.05) is 18.2 Å². The largest absolute Gasteiger partial charge is 0.451 e. The molecule has 0 spiro atoms. The quantitative estimate of drug-likeness (QED) is 0.151. The Morgan fingerprint density at radius 3 is 2.74 bits per heavy atom. The monoisotopic (exact) mass is 644 g/mol. The lowest BCUT2D eigenvalue weighted by Crippen LogP contribution is -2.18. The number of rotatable bonds is 5. The number of ether oxygens (including phenoxy) is 2. The predicted molar refractivity (Wildman–Crippen MR) is 142 cm³/mol. The summed E-state index contributed by atoms with van der Waals surface area (Å²) >= 11 is 1.91. The molecule has 39 heavy (non-hydrogen) atoms. The molecular formula is C28H17F4IN4O2. The first-order valence-electron chi connectivity index (χ1n) is 11.8. The van der Waals surface area contributed by atoms with Crippen molar-refractivity contribution in [1.82, 2.24) is 12.6 Å². The minimum Gasteiger partial charge on any atom is -0.451 e. The zero-order valence-corrected chi connectivity index (χ0v) is 22.1. The van der Waals surface area contributed by atoms with Crippen LogP contribution in [0.25, 0.3) is 16.6 Å². The molecule has 6 rings (SSSR count). The fourth-order valence-electron chi connectivity index (χ4n) is 4.69. The van der Waals surface area contributed by atoms with E-state index in [0.29, 0.717) is 17.6 Å². The van der Waals surface area contributed by atoms with Crippen LogP contribution < -0.4 is 4.74 Å². The molecule has 0 saturated heterocycles. The molecule has 0 fully saturated rings. The van der Waals surface area contributed by atoms with Gasteiger partial charge in [0.25, 0.3) is 0 Å². The number of benzene rings is 3. The van der Waals surface area contributed by atoms with Crippen molar-refractivity contribution in [2.45, 2.75) is 18.9 Å². The van der Waals surface area contributed by atoms with Crippen molar-refractivity contribution < 1.29 is 27.0 Å². The van der Waals surface area contributed by atoms with Gasteiger partial charge < -0.3 is 9.47 Å². The first kappa shape index (κ1) is 25.4. The Bertz CT molecular complexity index is 1790. The number of halogens is 5. The van der Waals surface area contributed by atoms with Crippen LogP contribution >= 0.6 is 22.9 Å². The molecule has 1 atom stereocenters. The summed E-state index contributed by atoms with van der Waals surface area (Å²) in [5.74, 6) is -3.59. The smallest absolute Gasteiger partial charge is 0.199 e. The van der Waals surface area contributed by atoms with Crippen LogP contribution in [0, 0.1) is 34.6 Å². The molecule has 3 heterocycles. The fraction of sp³-hybridized carbons (Fsp3) is 0.143. The number of hydrogen-bond acceptors (Lipinski definition) is 4. The first-order chi connectivity index (χ1) is 18.9. The number of aromatic nitrogens is 3. The van der Waals surface area contributed by atoms with Gasteiger partial charge in [-0.05, 0) is 30.2 Å². The van der Waals surface area contributed by atoms with Crippen LogP contribution in [0.3, 0.4) is 0 Å². The minimum absolute atomic E-state index is 0.00558. The van der Waals surface area contributed by atoms with E-state index in [-0.39, 0.29) is 41.0 Å². The Morgan fingerprint density at radius 2 is 1.92 bits per heavy atom. The van der Waals surface area contributed by atoms with Gasteiger partial charge >= 0.3 is 0 Å². The molecule has 0 N–H and O–H groups in total. The van der Waals surface area contributed by atoms with Crippen molar-refractivity contribution in [2.75, 3.05) is 6.61 Å². The van der Waals surface area contributed by atoms with Gasteiger partial charge in [0.2, 0.25) is 0 Å². The Hall–Kier alpha value is -3.89. The van der Waals surface area contributed by atoms with Crippen molar-refractivity contribution in [3.63, 3.8) is 0 Å². The third-order valence-electron chi connectivity index (χ3n) is 6.57. The minimum atomic E-state index is -0.905. The highest BCUT2D eigenvalue weighted by molar-refractivity contribution is 14.1. The van der Waals surface area contributed by atoms with Crippen LogP contribution in [0.5, 0.6) is 11.5 Å². The lowest BCUT2D eigenvalue weighted by Gasteiger charge is -2.23. The zero-order valence-electron chi connectivity index (χ0n) is 20.0. The third-order valence-corrected chi connectivity index (χ3v) is 7.41. The van der Waals surface area contributed by atoms with Gasteiger partial charge in [0.1, 0.15) is 29.2 Å². The van der Waals surface area contributed by atoms with Gasteiger partial charge in [0.15, 0.2) is 17.4 Å². The van der Waals surface area contributed by atoms with E-state index in [1.165, 1.54) is 28.9 Å². The van der Waals surface area contributed by atoms with Crippen LogP contribution in [0.4, 0.5) is 17.6 Å². The van der Waals surface area contributed by atoms with Crippen LogP contribution in [0.2, 0.25) is 0 Å². The summed E-state index contributed by atoms with van der Waals surface area (Å²) in [6.45, 7) is 0.289. The van der Waals surface area contributed by atoms with E-state index in [0.717, 1.165) is 17.7 Å². The summed E-state index contributed by atoms with van der Waals surface area (Å²) < 4.78 is 74.2. The Balaban J connectivity index is 1.37. The SMILES string of the molecule is N#CCc1cccc(C2OCCc3cn(-c4cc(Oc5c(F)cc6c(ccn6I)c5F)ccc4F)nc32)c1F. The van der Waals surface area contributed by atoms with Gasteiger partial charge in [0.05, 0.1) is 53.2 Å². The van der Waals surface area contributed by atoms with E-state index in [2.05, 4.69) is 5.10 Å². The second-order valence-electron chi connectivity index (χ2n) is 8.92. The molecular weight excluding hydrogens is 627 g/mol. The van der Waals surface area contributed by atoms with Gasteiger partial charge in [-0.15, -0.1) is 0 Å². The van der Waals surface area contributed by atoms with E-state index in [4.69, 9.17) is 14.7 Å². The maximum atomic E-state index is 15.2. The molecule has 11 heteroatoms. The highest BCUT2D eigenvalue weighted by Crippen LogP contribution is 2.37. The van der Waals surface area contributed by atoms with E-state index in [1.807, 2.05) is 28.9 Å². The molecule has 0 amide bonds. The Morgan fingerprint density at radius 1 is 1.08 bits per heavy atom. The molecule has 0 aliphatic carbocycles. The summed E-state index contributed by atoms with van der Waals surface area (Å²) in [7, 11) is 0. The fourth-order valence-corrected chi connectivity index (χ4v) is 5.25. The molecule has 196 valence electrons. The van der Waals surface area contributed by atoms with Crippen LogP contribution in [-0.2, 0) is 17.6 Å². The van der Waals surface area contributed by atoms with Crippen LogP contribution in [-0.4, -0.2) is 19.2 Å². The van der Waals surface area contributed by atoms with E-state index < -0.39 is 35.1 Å². The second-order valence-corrected chi connectivity index (χ2v) is 9.96. The lowest BCUT2D eigenvalue weighted by molar-refractivity contribution is 0.0645. The molecule has 0 radical (unpaired) electrons. The summed E-state index contributed by atoms with van der Waals surface area (Å²) in [5, 5.41) is 13.7. The number of nitrogens with zero attached hydrogens (tertiary/aromatic N) is 4.